The Balaban J connectivity index is 1.81. The van der Waals surface area contributed by atoms with Crippen molar-refractivity contribution in [2.24, 2.45) is 0 Å². The SMILES string of the molecule is CC(=O)Nc1cc(Cl)cc(NC(=O)Nc2cccc(-n3c(=S)[nH][nH]c3=S)c2)c1O. The maximum Gasteiger partial charge on any atom is 0.323 e. The molecule has 0 unspecified atom stereocenters. The molecule has 0 bridgehead atoms. The molecule has 12 heteroatoms. The van der Waals surface area contributed by atoms with Gasteiger partial charge in [-0.1, -0.05) is 17.7 Å². The number of benzene rings is 2. The van der Waals surface area contributed by atoms with E-state index in [1.807, 2.05) is 0 Å². The van der Waals surface area contributed by atoms with Crippen LogP contribution in [0, 0.1) is 9.54 Å². The summed E-state index contributed by atoms with van der Waals surface area (Å²) in [5.41, 5.74) is 1.22. The first-order valence-electron chi connectivity index (χ1n) is 8.13. The van der Waals surface area contributed by atoms with Crippen LogP contribution in [0.2, 0.25) is 5.02 Å². The van der Waals surface area contributed by atoms with Crippen LogP contribution in [0.3, 0.4) is 0 Å². The fraction of sp³-hybridized carbons (Fsp3) is 0.0588. The molecule has 0 saturated carbocycles. The van der Waals surface area contributed by atoms with Gasteiger partial charge in [-0.25, -0.2) is 4.79 Å². The van der Waals surface area contributed by atoms with Crippen molar-refractivity contribution in [1.82, 2.24) is 14.8 Å². The highest BCUT2D eigenvalue weighted by atomic mass is 35.5. The predicted molar refractivity (Wildman–Crippen MR) is 116 cm³/mol. The third kappa shape index (κ3) is 4.83. The van der Waals surface area contributed by atoms with E-state index in [-0.39, 0.29) is 22.1 Å². The third-order valence-electron chi connectivity index (χ3n) is 3.68. The summed E-state index contributed by atoms with van der Waals surface area (Å²) in [5.74, 6) is -0.713. The highest BCUT2D eigenvalue weighted by Gasteiger charge is 2.14. The Bertz CT molecular complexity index is 1190. The van der Waals surface area contributed by atoms with Crippen molar-refractivity contribution in [3.63, 3.8) is 0 Å². The largest absolute Gasteiger partial charge is 0.504 e. The number of hydrogen-bond donors (Lipinski definition) is 6. The molecule has 9 nitrogen and oxygen atoms in total. The number of phenolic OH excluding ortho intramolecular Hbond substituents is 1. The van der Waals surface area contributed by atoms with E-state index in [2.05, 4.69) is 26.1 Å². The third-order valence-corrected chi connectivity index (χ3v) is 4.47. The van der Waals surface area contributed by atoms with Gasteiger partial charge < -0.3 is 21.1 Å². The zero-order chi connectivity index (χ0) is 21.1. The number of halogens is 1. The molecule has 0 aliphatic rings. The maximum absolute atomic E-state index is 12.4. The molecule has 0 radical (unpaired) electrons. The maximum atomic E-state index is 12.4. The van der Waals surface area contributed by atoms with Crippen molar-refractivity contribution < 1.29 is 14.7 Å². The number of phenols is 1. The first kappa shape index (κ1) is 20.6. The number of urea groups is 1. The number of aromatic amines is 2. The lowest BCUT2D eigenvalue weighted by atomic mass is 10.2. The number of H-pyrrole nitrogens is 2. The van der Waals surface area contributed by atoms with Crippen LogP contribution >= 0.6 is 36.0 Å². The van der Waals surface area contributed by atoms with Gasteiger partial charge in [-0.3, -0.25) is 19.6 Å². The Hall–Kier alpha value is -3.15. The smallest absolute Gasteiger partial charge is 0.323 e. The number of hydrogen-bond acceptors (Lipinski definition) is 5. The topological polar surface area (TPSA) is 127 Å². The number of aromatic nitrogens is 3. The molecule has 0 aliphatic heterocycles. The van der Waals surface area contributed by atoms with Crippen molar-refractivity contribution in [2.45, 2.75) is 6.92 Å². The summed E-state index contributed by atoms with van der Waals surface area (Å²) in [5, 5.41) is 23.5. The van der Waals surface area contributed by atoms with Gasteiger partial charge in [0.05, 0.1) is 17.1 Å². The Morgan fingerprint density at radius 1 is 1.03 bits per heavy atom. The normalized spacial score (nSPS) is 10.4. The molecular weight excluding hydrogens is 436 g/mol. The van der Waals surface area contributed by atoms with E-state index in [0.717, 1.165) is 0 Å². The molecule has 1 aromatic heterocycles. The minimum absolute atomic E-state index is 0.0326. The molecule has 29 heavy (non-hydrogen) atoms. The van der Waals surface area contributed by atoms with Gasteiger partial charge in [0.2, 0.25) is 5.91 Å². The van der Waals surface area contributed by atoms with E-state index >= 15 is 0 Å². The van der Waals surface area contributed by atoms with E-state index in [9.17, 15) is 14.7 Å². The molecule has 0 spiro atoms. The molecular formula is C17H15ClN6O3S2. The summed E-state index contributed by atoms with van der Waals surface area (Å²) in [4.78, 5) is 23.6. The van der Waals surface area contributed by atoms with E-state index in [1.165, 1.54) is 19.1 Å². The van der Waals surface area contributed by atoms with Gasteiger partial charge in [0.25, 0.3) is 0 Å². The Morgan fingerprint density at radius 3 is 2.28 bits per heavy atom. The number of aromatic hydroxyl groups is 1. The molecule has 1 heterocycles. The number of nitrogens with zero attached hydrogens (tertiary/aromatic N) is 1. The molecule has 3 aromatic rings. The van der Waals surface area contributed by atoms with Crippen LogP contribution in [-0.4, -0.2) is 31.8 Å². The average molecular weight is 451 g/mol. The Kier molecular flexibility index (Phi) is 6.01. The molecule has 150 valence electrons. The van der Waals surface area contributed by atoms with Gasteiger partial charge in [-0.15, -0.1) is 0 Å². The van der Waals surface area contributed by atoms with E-state index in [4.69, 9.17) is 36.0 Å². The van der Waals surface area contributed by atoms with Crippen LogP contribution in [0.15, 0.2) is 36.4 Å². The summed E-state index contributed by atoms with van der Waals surface area (Å²) in [6, 6.07) is 8.95. The van der Waals surface area contributed by atoms with Gasteiger partial charge in [-0.05, 0) is 54.8 Å². The van der Waals surface area contributed by atoms with Crippen molar-refractivity contribution >= 4 is 65.0 Å². The number of nitrogens with one attached hydrogen (secondary N) is 5. The molecule has 3 amide bonds. The van der Waals surface area contributed by atoms with Crippen LogP contribution in [0.5, 0.6) is 5.75 Å². The molecule has 0 atom stereocenters. The first-order chi connectivity index (χ1) is 13.7. The van der Waals surface area contributed by atoms with Crippen molar-refractivity contribution in [1.29, 1.82) is 0 Å². The zero-order valence-corrected chi connectivity index (χ0v) is 17.3. The lowest BCUT2D eigenvalue weighted by Crippen LogP contribution is -2.20. The lowest BCUT2D eigenvalue weighted by molar-refractivity contribution is -0.114. The van der Waals surface area contributed by atoms with Gasteiger partial charge in [0.1, 0.15) is 0 Å². The molecule has 0 aliphatic carbocycles. The molecule has 6 N–H and O–H groups in total. The highest BCUT2D eigenvalue weighted by Crippen LogP contribution is 2.35. The van der Waals surface area contributed by atoms with Crippen LogP contribution in [-0.2, 0) is 4.79 Å². The monoisotopic (exact) mass is 450 g/mol. The van der Waals surface area contributed by atoms with Crippen molar-refractivity contribution in [2.75, 3.05) is 16.0 Å². The first-order valence-corrected chi connectivity index (χ1v) is 9.32. The van der Waals surface area contributed by atoms with E-state index in [0.29, 0.717) is 20.9 Å². The van der Waals surface area contributed by atoms with Gasteiger partial charge >= 0.3 is 6.03 Å². The van der Waals surface area contributed by atoms with E-state index in [1.54, 1.807) is 28.8 Å². The van der Waals surface area contributed by atoms with Crippen LogP contribution in [0.1, 0.15) is 6.92 Å². The summed E-state index contributed by atoms with van der Waals surface area (Å²) < 4.78 is 2.35. The quantitative estimate of drug-likeness (QED) is 0.256. The fourth-order valence-electron chi connectivity index (χ4n) is 2.53. The minimum Gasteiger partial charge on any atom is -0.504 e. The number of anilines is 3. The minimum atomic E-state index is -0.628. The van der Waals surface area contributed by atoms with Gasteiger partial charge in [0.15, 0.2) is 15.3 Å². The number of rotatable bonds is 4. The molecule has 3 rings (SSSR count). The summed E-state index contributed by atoms with van der Waals surface area (Å²) in [7, 11) is 0. The summed E-state index contributed by atoms with van der Waals surface area (Å²) in [6.07, 6.45) is 0. The second-order valence-corrected chi connectivity index (χ2v) is 7.07. The van der Waals surface area contributed by atoms with Gasteiger partial charge in [-0.2, -0.15) is 0 Å². The van der Waals surface area contributed by atoms with Crippen LogP contribution in [0.25, 0.3) is 5.69 Å². The van der Waals surface area contributed by atoms with Crippen LogP contribution < -0.4 is 16.0 Å². The molecule has 0 fully saturated rings. The Labute approximate surface area is 179 Å². The second kappa shape index (κ2) is 8.47. The zero-order valence-electron chi connectivity index (χ0n) is 14.9. The second-order valence-electron chi connectivity index (χ2n) is 5.86. The number of carbonyl (C=O) groups excluding carboxylic acids is 2. The van der Waals surface area contributed by atoms with Crippen molar-refractivity contribution in [3.05, 3.63) is 51.0 Å². The predicted octanol–water partition coefficient (Wildman–Crippen LogP) is 4.55. The summed E-state index contributed by atoms with van der Waals surface area (Å²) in [6.45, 7) is 1.29. The highest BCUT2D eigenvalue weighted by molar-refractivity contribution is 7.72. The van der Waals surface area contributed by atoms with Crippen LogP contribution in [0.4, 0.5) is 21.9 Å². The molecule has 0 saturated heterocycles. The number of carbonyl (C=O) groups is 2. The Morgan fingerprint density at radius 2 is 1.66 bits per heavy atom. The molecule has 2 aromatic carbocycles. The number of amides is 3. The lowest BCUT2D eigenvalue weighted by Gasteiger charge is -2.13. The van der Waals surface area contributed by atoms with Crippen molar-refractivity contribution in [3.8, 4) is 11.4 Å². The average Bonchev–Trinajstić information content (AvgIpc) is 2.97. The standard InChI is InChI=1S/C17H15ClN6O3S2/c1-8(25)19-12-5-9(18)6-13(14(12)26)21-15(27)20-10-3-2-4-11(7-10)24-16(28)22-23-17(24)29/h2-7,26H,1H3,(H,19,25)(H,22,28)(H,23,29)(H2,20,21,27). The van der Waals surface area contributed by atoms with E-state index < -0.39 is 11.9 Å². The van der Waals surface area contributed by atoms with Gasteiger partial charge in [0, 0.05) is 17.6 Å². The summed E-state index contributed by atoms with van der Waals surface area (Å²) >= 11 is 16.4. The fourth-order valence-corrected chi connectivity index (χ4v) is 3.30.